The molecule has 0 unspecified atom stereocenters. The summed E-state index contributed by atoms with van der Waals surface area (Å²) in [5, 5.41) is 11.0. The molecule has 28 heavy (non-hydrogen) atoms. The van der Waals surface area contributed by atoms with Gasteiger partial charge in [0.05, 0.1) is 37.6 Å². The minimum Gasteiger partial charge on any atom is -0.360 e. The smallest absolute Gasteiger partial charge is 0.327 e. The number of benzene rings is 1. The number of carbonyl (C=O) groups is 2. The van der Waals surface area contributed by atoms with E-state index in [0.717, 1.165) is 57.7 Å². The highest BCUT2D eigenvalue weighted by atomic mass is 16.6. The second kappa shape index (κ2) is 7.75. The predicted molar refractivity (Wildman–Crippen MR) is 102 cm³/mol. The highest BCUT2D eigenvalue weighted by Gasteiger charge is 2.46. The van der Waals surface area contributed by atoms with E-state index in [1.807, 2.05) is 6.07 Å². The molecule has 4 rings (SSSR count). The van der Waals surface area contributed by atoms with Crippen LogP contribution in [0.2, 0.25) is 0 Å². The average molecular weight is 388 g/mol. The third kappa shape index (κ3) is 3.54. The van der Waals surface area contributed by atoms with E-state index in [-0.39, 0.29) is 28.6 Å². The molecule has 0 spiro atoms. The Balaban J connectivity index is 1.23. The average Bonchev–Trinajstić information content (AvgIpc) is 3.28. The van der Waals surface area contributed by atoms with Gasteiger partial charge in [-0.15, -0.1) is 0 Å². The molecule has 1 aromatic rings. The lowest BCUT2D eigenvalue weighted by molar-refractivity contribution is -0.900. The number of urea groups is 1. The Kier molecular flexibility index (Phi) is 5.17. The zero-order valence-electron chi connectivity index (χ0n) is 15.9. The van der Waals surface area contributed by atoms with Crippen LogP contribution in [-0.2, 0) is 4.79 Å². The molecule has 3 amide bonds. The SMILES string of the molecule is O=C1[C@H]2CCCN2C(=O)N1CCC[NH+]1CCN(c2cccc([N+](=O)[O-])c2)CC1. The van der Waals surface area contributed by atoms with E-state index in [2.05, 4.69) is 4.90 Å². The molecule has 0 aromatic heterocycles. The van der Waals surface area contributed by atoms with Crippen molar-refractivity contribution in [2.45, 2.75) is 25.3 Å². The molecule has 3 heterocycles. The van der Waals surface area contributed by atoms with Crippen LogP contribution >= 0.6 is 0 Å². The summed E-state index contributed by atoms with van der Waals surface area (Å²) in [6, 6.07) is 6.45. The highest BCUT2D eigenvalue weighted by Crippen LogP contribution is 2.27. The van der Waals surface area contributed by atoms with Gasteiger partial charge in [-0.05, 0) is 18.9 Å². The Morgan fingerprint density at radius 1 is 1.18 bits per heavy atom. The van der Waals surface area contributed by atoms with E-state index in [9.17, 15) is 19.7 Å². The number of nitrogens with one attached hydrogen (secondary N) is 1. The van der Waals surface area contributed by atoms with E-state index >= 15 is 0 Å². The third-order valence-corrected chi connectivity index (χ3v) is 6.07. The fraction of sp³-hybridized carbons (Fsp3) is 0.579. The van der Waals surface area contributed by atoms with E-state index < -0.39 is 0 Å². The lowest BCUT2D eigenvalue weighted by Gasteiger charge is -2.33. The number of anilines is 1. The zero-order chi connectivity index (χ0) is 19.7. The van der Waals surface area contributed by atoms with Gasteiger partial charge >= 0.3 is 6.03 Å². The summed E-state index contributed by atoms with van der Waals surface area (Å²) in [5.74, 6) is -0.0204. The predicted octanol–water partition coefficient (Wildman–Crippen LogP) is 0.116. The first kappa shape index (κ1) is 18.7. The summed E-state index contributed by atoms with van der Waals surface area (Å²) in [4.78, 5) is 42.0. The van der Waals surface area contributed by atoms with Crippen molar-refractivity contribution in [2.24, 2.45) is 0 Å². The molecule has 9 heteroatoms. The highest BCUT2D eigenvalue weighted by molar-refractivity contribution is 6.04. The third-order valence-electron chi connectivity index (χ3n) is 6.07. The molecule has 3 aliphatic heterocycles. The quantitative estimate of drug-likeness (QED) is 0.425. The van der Waals surface area contributed by atoms with Gasteiger partial charge in [-0.25, -0.2) is 4.79 Å². The van der Waals surface area contributed by atoms with E-state index in [0.29, 0.717) is 13.1 Å². The summed E-state index contributed by atoms with van der Waals surface area (Å²) in [6.07, 6.45) is 2.53. The van der Waals surface area contributed by atoms with Crippen LogP contribution in [0.15, 0.2) is 24.3 Å². The topological polar surface area (TPSA) is 91.4 Å². The normalized spacial score (nSPS) is 22.9. The number of quaternary nitrogens is 1. The number of non-ortho nitro benzene ring substituents is 1. The molecule has 0 aliphatic carbocycles. The summed E-state index contributed by atoms with van der Waals surface area (Å²) in [6.45, 7) is 5.70. The molecule has 1 atom stereocenters. The molecular weight excluding hydrogens is 362 g/mol. The molecule has 0 saturated carbocycles. The van der Waals surface area contributed by atoms with Gasteiger partial charge in [0.15, 0.2) is 0 Å². The molecule has 3 aliphatic rings. The van der Waals surface area contributed by atoms with Crippen LogP contribution in [0.5, 0.6) is 0 Å². The zero-order valence-corrected chi connectivity index (χ0v) is 15.9. The van der Waals surface area contributed by atoms with Crippen LogP contribution in [0.3, 0.4) is 0 Å². The number of fused-ring (bicyclic) bond motifs is 1. The van der Waals surface area contributed by atoms with Gasteiger partial charge in [0.1, 0.15) is 6.04 Å². The molecule has 9 nitrogen and oxygen atoms in total. The number of imide groups is 1. The summed E-state index contributed by atoms with van der Waals surface area (Å²) >= 11 is 0. The molecule has 0 bridgehead atoms. The van der Waals surface area contributed by atoms with Crippen LogP contribution in [-0.4, -0.2) is 78.5 Å². The van der Waals surface area contributed by atoms with Gasteiger partial charge in [0.2, 0.25) is 0 Å². The number of carbonyl (C=O) groups excluding carboxylic acids is 2. The van der Waals surface area contributed by atoms with Crippen LogP contribution in [0.4, 0.5) is 16.2 Å². The molecule has 1 aromatic carbocycles. The Morgan fingerprint density at radius 3 is 2.68 bits per heavy atom. The van der Waals surface area contributed by atoms with Crippen LogP contribution in [0.25, 0.3) is 0 Å². The first-order valence-corrected chi connectivity index (χ1v) is 9.99. The summed E-state index contributed by atoms with van der Waals surface area (Å²) in [7, 11) is 0. The minimum atomic E-state index is -0.364. The maximum atomic E-state index is 12.4. The van der Waals surface area contributed by atoms with Crippen LogP contribution < -0.4 is 9.80 Å². The first-order valence-electron chi connectivity index (χ1n) is 9.99. The van der Waals surface area contributed by atoms with Gasteiger partial charge in [-0.3, -0.25) is 19.8 Å². The fourth-order valence-electron chi connectivity index (χ4n) is 4.51. The Labute approximate surface area is 163 Å². The van der Waals surface area contributed by atoms with Gasteiger partial charge < -0.3 is 14.7 Å². The number of nitro benzene ring substituents is 1. The standard InChI is InChI=1S/C19H25N5O4/c25-18-17-6-2-8-22(17)19(26)23(18)9-3-7-20-10-12-21(13-11-20)15-4-1-5-16(14-15)24(27)28/h1,4-5,14,17H,2-3,6-13H2/p+1/t17-/m1/s1. The molecule has 1 N–H and O–H groups in total. The Hall–Kier alpha value is -2.68. The van der Waals surface area contributed by atoms with Crippen molar-refractivity contribution in [1.29, 1.82) is 0 Å². The second-order valence-electron chi connectivity index (χ2n) is 7.74. The maximum Gasteiger partial charge on any atom is 0.327 e. The minimum absolute atomic E-state index is 0.0204. The number of rotatable bonds is 6. The maximum absolute atomic E-state index is 12.4. The number of hydrogen-bond acceptors (Lipinski definition) is 5. The van der Waals surface area contributed by atoms with E-state index in [1.165, 1.54) is 15.9 Å². The van der Waals surface area contributed by atoms with Crippen LogP contribution in [0.1, 0.15) is 19.3 Å². The molecule has 0 radical (unpaired) electrons. The van der Waals surface area contributed by atoms with Gasteiger partial charge in [-0.2, -0.15) is 0 Å². The molecule has 3 saturated heterocycles. The second-order valence-corrected chi connectivity index (χ2v) is 7.74. The van der Waals surface area contributed by atoms with Crippen molar-refractivity contribution in [2.75, 3.05) is 50.7 Å². The van der Waals surface area contributed by atoms with E-state index in [4.69, 9.17) is 0 Å². The van der Waals surface area contributed by atoms with Crippen molar-refractivity contribution < 1.29 is 19.4 Å². The number of hydrogen-bond donors (Lipinski definition) is 1. The monoisotopic (exact) mass is 388 g/mol. The largest absolute Gasteiger partial charge is 0.360 e. The van der Waals surface area contributed by atoms with Crippen molar-refractivity contribution in [3.8, 4) is 0 Å². The van der Waals surface area contributed by atoms with Gasteiger partial charge in [0.25, 0.3) is 11.6 Å². The number of nitro groups is 1. The number of nitrogens with zero attached hydrogens (tertiary/aromatic N) is 4. The number of piperazine rings is 1. The summed E-state index contributed by atoms with van der Waals surface area (Å²) < 4.78 is 0. The molecule has 150 valence electrons. The van der Waals surface area contributed by atoms with Crippen molar-refractivity contribution >= 4 is 23.3 Å². The lowest BCUT2D eigenvalue weighted by Crippen LogP contribution is -3.15. The fourth-order valence-corrected chi connectivity index (χ4v) is 4.51. The summed E-state index contributed by atoms with van der Waals surface area (Å²) in [5.41, 5.74) is 1.01. The van der Waals surface area contributed by atoms with Crippen molar-refractivity contribution in [3.63, 3.8) is 0 Å². The Morgan fingerprint density at radius 2 is 1.96 bits per heavy atom. The van der Waals surface area contributed by atoms with Crippen molar-refractivity contribution in [3.05, 3.63) is 34.4 Å². The number of amides is 3. The van der Waals surface area contributed by atoms with E-state index in [1.54, 1.807) is 17.0 Å². The molecular formula is C19H26N5O4+. The first-order chi connectivity index (χ1) is 13.5. The van der Waals surface area contributed by atoms with Gasteiger partial charge in [-0.1, -0.05) is 6.07 Å². The van der Waals surface area contributed by atoms with Gasteiger partial charge in [0, 0.05) is 37.3 Å². The van der Waals surface area contributed by atoms with Crippen molar-refractivity contribution in [1.82, 2.24) is 9.80 Å². The Bertz CT molecular complexity index is 755. The lowest BCUT2D eigenvalue weighted by atomic mass is 10.2. The van der Waals surface area contributed by atoms with Crippen LogP contribution in [0, 0.1) is 10.1 Å². The molecule has 3 fully saturated rings.